The van der Waals surface area contributed by atoms with E-state index in [1.165, 1.54) is 12.1 Å². The molecule has 16 heavy (non-hydrogen) atoms. The maximum Gasteiger partial charge on any atom is 0.125 e. The average molecular weight is 217 g/mol. The molecule has 82 valence electrons. The van der Waals surface area contributed by atoms with Gasteiger partial charge in [0.25, 0.3) is 0 Å². The Morgan fingerprint density at radius 2 is 1.88 bits per heavy atom. The van der Waals surface area contributed by atoms with Gasteiger partial charge >= 0.3 is 0 Å². The van der Waals surface area contributed by atoms with Crippen molar-refractivity contribution in [1.82, 2.24) is 0 Å². The number of nitrogens with one attached hydrogen (secondary N) is 1. The van der Waals surface area contributed by atoms with Crippen molar-refractivity contribution in [1.29, 1.82) is 0 Å². The molecule has 0 saturated carbocycles. The number of rotatable bonds is 3. The summed E-state index contributed by atoms with van der Waals surface area (Å²) in [5, 5.41) is 12.3. The van der Waals surface area contributed by atoms with Gasteiger partial charge in [0.1, 0.15) is 11.6 Å². The first-order valence-corrected chi connectivity index (χ1v) is 5.01. The van der Waals surface area contributed by atoms with Crippen molar-refractivity contribution < 1.29 is 9.50 Å². The van der Waals surface area contributed by atoms with Gasteiger partial charge in [0, 0.05) is 12.2 Å². The minimum atomic E-state index is -0.263. The first-order chi connectivity index (χ1) is 7.74. The van der Waals surface area contributed by atoms with Crippen LogP contribution in [-0.2, 0) is 6.54 Å². The lowest BCUT2D eigenvalue weighted by Crippen LogP contribution is -1.99. The summed E-state index contributed by atoms with van der Waals surface area (Å²) in [6, 6.07) is 13.2. The maximum absolute atomic E-state index is 12.9. The number of phenols is 1. The van der Waals surface area contributed by atoms with E-state index in [4.69, 9.17) is 0 Å². The molecule has 0 aliphatic heterocycles. The summed E-state index contributed by atoms with van der Waals surface area (Å²) in [5.41, 5.74) is 1.67. The summed E-state index contributed by atoms with van der Waals surface area (Å²) < 4.78 is 12.9. The zero-order chi connectivity index (χ0) is 11.4. The van der Waals surface area contributed by atoms with Crippen LogP contribution < -0.4 is 5.32 Å². The van der Waals surface area contributed by atoms with Crippen LogP contribution in [0.1, 0.15) is 5.56 Å². The van der Waals surface area contributed by atoms with Gasteiger partial charge in [-0.15, -0.1) is 0 Å². The third kappa shape index (κ3) is 2.73. The number of anilines is 1. The molecule has 0 amide bonds. The van der Waals surface area contributed by atoms with Gasteiger partial charge < -0.3 is 10.4 Å². The number of benzene rings is 2. The fourth-order valence-corrected chi connectivity index (χ4v) is 1.47. The van der Waals surface area contributed by atoms with Crippen LogP contribution in [-0.4, -0.2) is 5.11 Å². The molecule has 0 spiro atoms. The van der Waals surface area contributed by atoms with Crippen LogP contribution in [0.3, 0.4) is 0 Å². The predicted molar refractivity (Wildman–Crippen MR) is 61.8 cm³/mol. The fraction of sp³-hybridized carbons (Fsp3) is 0.0769. The highest BCUT2D eigenvalue weighted by molar-refractivity contribution is 5.44. The first kappa shape index (κ1) is 10.5. The monoisotopic (exact) mass is 217 g/mol. The number of hydrogen-bond donors (Lipinski definition) is 2. The molecule has 2 rings (SSSR count). The molecule has 0 unspecified atom stereocenters. The molecule has 0 atom stereocenters. The molecule has 0 aliphatic rings. The van der Waals surface area contributed by atoms with Gasteiger partial charge in [-0.3, -0.25) is 0 Å². The Morgan fingerprint density at radius 1 is 1.06 bits per heavy atom. The van der Waals surface area contributed by atoms with Crippen molar-refractivity contribution in [3.8, 4) is 5.75 Å². The van der Waals surface area contributed by atoms with E-state index in [1.807, 2.05) is 6.07 Å². The summed E-state index contributed by atoms with van der Waals surface area (Å²) in [6.45, 7) is 0.553. The van der Waals surface area contributed by atoms with Crippen LogP contribution >= 0.6 is 0 Å². The van der Waals surface area contributed by atoms with E-state index in [2.05, 4.69) is 5.32 Å². The molecule has 0 radical (unpaired) electrons. The summed E-state index contributed by atoms with van der Waals surface area (Å²) in [4.78, 5) is 0. The molecular weight excluding hydrogens is 205 g/mol. The average Bonchev–Trinajstić information content (AvgIpc) is 2.27. The van der Waals surface area contributed by atoms with Gasteiger partial charge in [0.2, 0.25) is 0 Å². The number of aromatic hydroxyl groups is 1. The van der Waals surface area contributed by atoms with Crippen LogP contribution in [0, 0.1) is 5.82 Å². The van der Waals surface area contributed by atoms with Gasteiger partial charge in [-0.1, -0.05) is 18.2 Å². The second-order valence-electron chi connectivity index (χ2n) is 3.53. The Hall–Kier alpha value is -2.03. The lowest BCUT2D eigenvalue weighted by molar-refractivity contribution is 0.474. The predicted octanol–water partition coefficient (Wildman–Crippen LogP) is 3.14. The van der Waals surface area contributed by atoms with E-state index in [1.54, 1.807) is 30.3 Å². The Morgan fingerprint density at radius 3 is 2.62 bits per heavy atom. The van der Waals surface area contributed by atoms with E-state index in [-0.39, 0.29) is 11.6 Å². The van der Waals surface area contributed by atoms with Crippen LogP contribution in [0.5, 0.6) is 5.75 Å². The molecule has 0 heterocycles. The largest absolute Gasteiger partial charge is 0.508 e. The van der Waals surface area contributed by atoms with Crippen LogP contribution in [0.2, 0.25) is 0 Å². The Labute approximate surface area is 93.4 Å². The van der Waals surface area contributed by atoms with Crippen molar-refractivity contribution in [2.24, 2.45) is 0 Å². The lowest BCUT2D eigenvalue weighted by atomic mass is 10.2. The SMILES string of the molecule is Oc1cccc(CNc2cccc(F)c2)c1. The van der Waals surface area contributed by atoms with Crippen molar-refractivity contribution in [2.75, 3.05) is 5.32 Å². The summed E-state index contributed by atoms with van der Waals surface area (Å²) in [7, 11) is 0. The van der Waals surface area contributed by atoms with Crippen molar-refractivity contribution >= 4 is 5.69 Å². The van der Waals surface area contributed by atoms with E-state index in [0.29, 0.717) is 6.54 Å². The van der Waals surface area contributed by atoms with E-state index in [9.17, 15) is 9.50 Å². The fourth-order valence-electron chi connectivity index (χ4n) is 1.47. The molecule has 2 aromatic carbocycles. The van der Waals surface area contributed by atoms with Crippen LogP contribution in [0.15, 0.2) is 48.5 Å². The number of hydrogen-bond acceptors (Lipinski definition) is 2. The molecule has 0 saturated heterocycles. The third-order valence-corrected chi connectivity index (χ3v) is 2.23. The number of phenolic OH excluding ortho intramolecular Hbond substituents is 1. The lowest BCUT2D eigenvalue weighted by Gasteiger charge is -2.06. The zero-order valence-electron chi connectivity index (χ0n) is 8.65. The topological polar surface area (TPSA) is 32.3 Å². The van der Waals surface area contributed by atoms with Crippen LogP contribution in [0.4, 0.5) is 10.1 Å². The van der Waals surface area contributed by atoms with Gasteiger partial charge in [0.05, 0.1) is 0 Å². The Kier molecular flexibility index (Phi) is 3.05. The first-order valence-electron chi connectivity index (χ1n) is 5.01. The molecule has 0 aromatic heterocycles. The minimum absolute atomic E-state index is 0.235. The van der Waals surface area contributed by atoms with Gasteiger partial charge in [-0.25, -0.2) is 4.39 Å². The maximum atomic E-state index is 12.9. The van der Waals surface area contributed by atoms with Gasteiger partial charge in [-0.05, 0) is 35.9 Å². The molecule has 2 aromatic rings. The molecule has 0 aliphatic carbocycles. The zero-order valence-corrected chi connectivity index (χ0v) is 8.65. The van der Waals surface area contributed by atoms with E-state index >= 15 is 0 Å². The van der Waals surface area contributed by atoms with Crippen LogP contribution in [0.25, 0.3) is 0 Å². The van der Waals surface area contributed by atoms with E-state index in [0.717, 1.165) is 11.3 Å². The Bertz CT molecular complexity index is 439. The quantitative estimate of drug-likeness (QED) is 0.827. The molecule has 0 bridgehead atoms. The molecule has 0 fully saturated rings. The normalized spacial score (nSPS) is 10.1. The van der Waals surface area contributed by atoms with Gasteiger partial charge in [0.15, 0.2) is 0 Å². The molecule has 3 heteroatoms. The van der Waals surface area contributed by atoms with Crippen molar-refractivity contribution in [3.63, 3.8) is 0 Å². The second-order valence-corrected chi connectivity index (χ2v) is 3.53. The highest BCUT2D eigenvalue weighted by Crippen LogP contribution is 2.14. The molecule has 2 N–H and O–H groups in total. The van der Waals surface area contributed by atoms with Gasteiger partial charge in [-0.2, -0.15) is 0 Å². The van der Waals surface area contributed by atoms with Crippen molar-refractivity contribution in [2.45, 2.75) is 6.54 Å². The molecular formula is C13H12FNO. The summed E-state index contributed by atoms with van der Waals surface area (Å²) in [5.74, 6) is -0.0283. The highest BCUT2D eigenvalue weighted by atomic mass is 19.1. The highest BCUT2D eigenvalue weighted by Gasteiger charge is 1.96. The third-order valence-electron chi connectivity index (χ3n) is 2.23. The van der Waals surface area contributed by atoms with E-state index < -0.39 is 0 Å². The standard InChI is InChI=1S/C13H12FNO/c14-11-4-2-5-12(8-11)15-9-10-3-1-6-13(16)7-10/h1-8,15-16H,9H2. The second kappa shape index (κ2) is 4.66. The number of halogens is 1. The molecule has 2 nitrogen and oxygen atoms in total. The Balaban J connectivity index is 2.02. The summed E-state index contributed by atoms with van der Waals surface area (Å²) >= 11 is 0. The summed E-state index contributed by atoms with van der Waals surface area (Å²) in [6.07, 6.45) is 0. The smallest absolute Gasteiger partial charge is 0.125 e. The van der Waals surface area contributed by atoms with Crippen molar-refractivity contribution in [3.05, 3.63) is 59.9 Å². The minimum Gasteiger partial charge on any atom is -0.508 e.